The zero-order valence-corrected chi connectivity index (χ0v) is 18.4. The van der Waals surface area contributed by atoms with Gasteiger partial charge >= 0.3 is 6.18 Å². The number of rotatable bonds is 6. The van der Waals surface area contributed by atoms with Crippen LogP contribution in [0.1, 0.15) is 37.9 Å². The maximum atomic E-state index is 13.9. The van der Waals surface area contributed by atoms with Gasteiger partial charge in [-0.25, -0.2) is 15.0 Å². The zero-order chi connectivity index (χ0) is 25.9. The second kappa shape index (κ2) is 9.90. The van der Waals surface area contributed by atoms with Gasteiger partial charge in [0.15, 0.2) is 0 Å². The molecule has 0 atom stereocenters. The average molecular weight is 500 g/mol. The molecule has 0 aliphatic heterocycles. The monoisotopic (exact) mass is 500 g/mol. The summed E-state index contributed by atoms with van der Waals surface area (Å²) in [5.74, 6) is -2.48. The molecule has 0 aliphatic carbocycles. The predicted molar refractivity (Wildman–Crippen MR) is 117 cm³/mol. The number of carbonyl (C=O) groups excluding carboxylic acids is 2. The third kappa shape index (κ3) is 5.51. The van der Waals surface area contributed by atoms with Gasteiger partial charge in [0.05, 0.1) is 23.4 Å². The Bertz CT molecular complexity index is 1440. The topological polar surface area (TPSA) is 123 Å². The lowest BCUT2D eigenvalue weighted by atomic mass is 10.1. The fourth-order valence-corrected chi connectivity index (χ4v) is 3.17. The molecular weight excluding hydrogens is 484 g/mol. The molecule has 0 saturated heterocycles. The highest BCUT2D eigenvalue weighted by Crippen LogP contribution is 2.33. The summed E-state index contributed by atoms with van der Waals surface area (Å²) in [5, 5.41) is 8.51. The molecule has 1 aromatic carbocycles. The molecule has 4 rings (SSSR count). The van der Waals surface area contributed by atoms with Crippen LogP contribution in [0.15, 0.2) is 59.5 Å². The van der Waals surface area contributed by atoms with Crippen molar-refractivity contribution >= 4 is 17.5 Å². The number of alkyl halides is 3. The van der Waals surface area contributed by atoms with E-state index in [9.17, 15) is 27.2 Å². The van der Waals surface area contributed by atoms with Gasteiger partial charge in [0.2, 0.25) is 11.7 Å². The summed E-state index contributed by atoms with van der Waals surface area (Å²) in [6.45, 7) is 1.16. The summed E-state index contributed by atoms with van der Waals surface area (Å²) in [6, 6.07) is 8.87. The first-order valence-electron chi connectivity index (χ1n) is 10.3. The quantitative estimate of drug-likeness (QED) is 0.301. The molecule has 2 amide bonds. The predicted octanol–water partition coefficient (Wildman–Crippen LogP) is 4.18. The third-order valence-electron chi connectivity index (χ3n) is 4.95. The number of carbonyl (C=O) groups is 2. The van der Waals surface area contributed by atoms with Gasteiger partial charge in [-0.1, -0.05) is 11.2 Å². The third-order valence-corrected chi connectivity index (χ3v) is 4.95. The Morgan fingerprint density at radius 2 is 1.83 bits per heavy atom. The van der Waals surface area contributed by atoms with Crippen LogP contribution in [0.5, 0.6) is 0 Å². The highest BCUT2D eigenvalue weighted by molar-refractivity contribution is 6.02. The minimum absolute atomic E-state index is 0.0135. The van der Waals surface area contributed by atoms with Gasteiger partial charge in [0.25, 0.3) is 11.8 Å². The van der Waals surface area contributed by atoms with Crippen LogP contribution in [-0.4, -0.2) is 31.9 Å². The number of anilines is 1. The molecule has 4 aromatic rings. The highest BCUT2D eigenvalue weighted by Gasteiger charge is 2.32. The number of amides is 2. The Hall–Kier alpha value is -4.68. The number of aromatic nitrogens is 4. The van der Waals surface area contributed by atoms with E-state index in [1.165, 1.54) is 49.5 Å². The van der Waals surface area contributed by atoms with E-state index in [2.05, 4.69) is 30.7 Å². The van der Waals surface area contributed by atoms with Gasteiger partial charge < -0.3 is 15.2 Å². The van der Waals surface area contributed by atoms with Crippen LogP contribution in [0, 0.1) is 12.9 Å². The molecule has 0 fully saturated rings. The number of hydrogen-bond donors (Lipinski definition) is 2. The zero-order valence-electron chi connectivity index (χ0n) is 18.4. The lowest BCUT2D eigenvalue weighted by Crippen LogP contribution is -2.24. The van der Waals surface area contributed by atoms with Crippen molar-refractivity contribution in [2.24, 2.45) is 0 Å². The number of halogens is 4. The van der Waals surface area contributed by atoms with Gasteiger partial charge in [-0.05, 0) is 42.8 Å². The number of aryl methyl sites for hydroxylation is 1. The van der Waals surface area contributed by atoms with E-state index in [4.69, 9.17) is 4.52 Å². The Morgan fingerprint density at radius 1 is 1.03 bits per heavy atom. The molecule has 13 heteroatoms. The maximum absolute atomic E-state index is 13.9. The number of nitrogens with one attached hydrogen (secondary N) is 2. The Labute approximate surface area is 200 Å². The van der Waals surface area contributed by atoms with Crippen molar-refractivity contribution in [3.05, 3.63) is 89.2 Å². The van der Waals surface area contributed by atoms with Crippen LogP contribution in [0.3, 0.4) is 0 Å². The lowest BCUT2D eigenvalue weighted by Gasteiger charge is -2.12. The van der Waals surface area contributed by atoms with Crippen LogP contribution in [0.25, 0.3) is 11.3 Å². The smallest absolute Gasteiger partial charge is 0.351 e. The fraction of sp³-hybridized carbons (Fsp3) is 0.130. The number of benzene rings is 1. The van der Waals surface area contributed by atoms with Gasteiger partial charge in [-0.2, -0.15) is 17.6 Å². The molecule has 184 valence electrons. The van der Waals surface area contributed by atoms with Crippen molar-refractivity contribution in [1.29, 1.82) is 0 Å². The Balaban J connectivity index is 1.39. The summed E-state index contributed by atoms with van der Waals surface area (Å²) >= 11 is 0. The van der Waals surface area contributed by atoms with Gasteiger partial charge in [0, 0.05) is 18.0 Å². The van der Waals surface area contributed by atoms with Crippen molar-refractivity contribution in [3.8, 4) is 11.3 Å². The molecule has 0 spiro atoms. The molecule has 2 N–H and O–H groups in total. The SMILES string of the molecule is Cc1ccc(NC(=O)c2cc(CNC(=O)c3cc(-c4cccnc4F)ncn3)no2)cc1C(F)(F)F. The standard InChI is InChI=1S/C23H16F4N6O3/c1-12-4-5-13(7-16(12)23(25,26)27)32-22(35)19-8-14(33-36-19)10-29-21(34)18-9-17(30-11-31-18)15-3-2-6-28-20(15)24/h2-9,11H,10H2,1H3,(H,29,34)(H,32,35). The van der Waals surface area contributed by atoms with Crippen molar-refractivity contribution in [2.45, 2.75) is 19.6 Å². The first-order valence-corrected chi connectivity index (χ1v) is 10.3. The maximum Gasteiger partial charge on any atom is 0.416 e. The summed E-state index contributed by atoms with van der Waals surface area (Å²) in [7, 11) is 0. The molecule has 0 radical (unpaired) electrons. The first kappa shape index (κ1) is 24.4. The normalized spacial score (nSPS) is 11.2. The van der Waals surface area contributed by atoms with E-state index in [-0.39, 0.29) is 46.2 Å². The molecule has 3 heterocycles. The van der Waals surface area contributed by atoms with Crippen LogP contribution in [0.2, 0.25) is 0 Å². The summed E-state index contributed by atoms with van der Waals surface area (Å²) in [4.78, 5) is 36.2. The van der Waals surface area contributed by atoms with E-state index >= 15 is 0 Å². The van der Waals surface area contributed by atoms with E-state index < -0.39 is 29.5 Å². The Kier molecular flexibility index (Phi) is 6.72. The second-order valence-corrected chi connectivity index (χ2v) is 7.48. The lowest BCUT2D eigenvalue weighted by molar-refractivity contribution is -0.138. The molecule has 0 aliphatic rings. The van der Waals surface area contributed by atoms with E-state index in [1.54, 1.807) is 0 Å². The van der Waals surface area contributed by atoms with Crippen molar-refractivity contribution < 1.29 is 31.7 Å². The molecule has 36 heavy (non-hydrogen) atoms. The molecule has 0 saturated carbocycles. The largest absolute Gasteiger partial charge is 0.416 e. The van der Waals surface area contributed by atoms with Crippen molar-refractivity contribution in [2.75, 3.05) is 5.32 Å². The molecule has 3 aromatic heterocycles. The summed E-state index contributed by atoms with van der Waals surface area (Å²) in [6.07, 6.45) is -2.19. The van der Waals surface area contributed by atoms with Crippen LogP contribution < -0.4 is 10.6 Å². The van der Waals surface area contributed by atoms with Crippen LogP contribution >= 0.6 is 0 Å². The van der Waals surface area contributed by atoms with E-state index in [0.29, 0.717) is 0 Å². The summed E-state index contributed by atoms with van der Waals surface area (Å²) < 4.78 is 58.1. The van der Waals surface area contributed by atoms with Crippen molar-refractivity contribution in [3.63, 3.8) is 0 Å². The van der Waals surface area contributed by atoms with Gasteiger partial charge in [-0.3, -0.25) is 9.59 Å². The molecule has 0 unspecified atom stereocenters. The number of pyridine rings is 1. The summed E-state index contributed by atoms with van der Waals surface area (Å²) in [5.41, 5.74) is -0.567. The van der Waals surface area contributed by atoms with E-state index in [1.807, 2.05) is 0 Å². The van der Waals surface area contributed by atoms with Gasteiger partial charge in [-0.15, -0.1) is 0 Å². The average Bonchev–Trinajstić information content (AvgIpc) is 3.33. The van der Waals surface area contributed by atoms with Crippen molar-refractivity contribution in [1.82, 2.24) is 25.4 Å². The fourth-order valence-electron chi connectivity index (χ4n) is 3.17. The Morgan fingerprint density at radius 3 is 2.58 bits per heavy atom. The second-order valence-electron chi connectivity index (χ2n) is 7.48. The molecule has 9 nitrogen and oxygen atoms in total. The van der Waals surface area contributed by atoms with E-state index in [0.717, 1.165) is 12.4 Å². The minimum atomic E-state index is -4.57. The van der Waals surface area contributed by atoms with Crippen LogP contribution in [0.4, 0.5) is 23.2 Å². The number of hydrogen-bond acceptors (Lipinski definition) is 7. The first-order chi connectivity index (χ1) is 17.1. The molecular formula is C23H16F4N6O3. The van der Waals surface area contributed by atoms with Gasteiger partial charge in [0.1, 0.15) is 17.7 Å². The van der Waals surface area contributed by atoms with Crippen LogP contribution in [-0.2, 0) is 12.7 Å². The highest BCUT2D eigenvalue weighted by atomic mass is 19.4. The molecule has 0 bridgehead atoms. The number of nitrogens with zero attached hydrogens (tertiary/aromatic N) is 4. The minimum Gasteiger partial charge on any atom is -0.351 e.